The molecule has 0 saturated heterocycles. The smallest absolute Gasteiger partial charge is 0.365 e. The summed E-state index contributed by atoms with van der Waals surface area (Å²) in [4.78, 5) is 29.1. The molecule has 0 aliphatic carbocycles. The minimum absolute atomic E-state index is 0.00685. The van der Waals surface area contributed by atoms with Crippen molar-refractivity contribution >= 4 is 55.0 Å². The predicted octanol–water partition coefficient (Wildman–Crippen LogP) is 4.52. The number of aryl methyl sites for hydroxylation is 2. The third-order valence-corrected chi connectivity index (χ3v) is 7.25. The highest BCUT2D eigenvalue weighted by atomic mass is 79.9. The lowest BCUT2D eigenvalue weighted by Gasteiger charge is -2.11. The molecule has 0 aromatic carbocycles. The minimum Gasteiger partial charge on any atom is -0.365 e. The zero-order valence-corrected chi connectivity index (χ0v) is 22.7. The Morgan fingerprint density at radius 1 is 1.15 bits per heavy atom. The number of nitrogens with one attached hydrogen (secondary N) is 1. The van der Waals surface area contributed by atoms with Crippen LogP contribution in [0.1, 0.15) is 38.5 Å². The highest BCUT2D eigenvalue weighted by Gasteiger charge is 2.35. The largest absolute Gasteiger partial charge is 0.433 e. The van der Waals surface area contributed by atoms with E-state index < -0.39 is 23.7 Å². The molecule has 5 aromatic heterocycles. The molecule has 5 rings (SSSR count). The van der Waals surface area contributed by atoms with E-state index in [2.05, 4.69) is 41.5 Å². The number of primary amides is 1. The summed E-state index contributed by atoms with van der Waals surface area (Å²) in [6, 6.07) is 2.35. The number of nitrogens with zero attached hydrogens (tertiary/aromatic N) is 7. The van der Waals surface area contributed by atoms with Crippen molar-refractivity contribution in [2.24, 2.45) is 5.73 Å². The first-order chi connectivity index (χ1) is 18.4. The van der Waals surface area contributed by atoms with E-state index in [0.717, 1.165) is 10.5 Å². The van der Waals surface area contributed by atoms with Crippen LogP contribution in [0, 0.1) is 6.92 Å². The zero-order chi connectivity index (χ0) is 28.1. The molecule has 0 bridgehead atoms. The van der Waals surface area contributed by atoms with Gasteiger partial charge in [0.2, 0.25) is 0 Å². The number of pyridine rings is 1. The lowest BCUT2D eigenvalue weighted by atomic mass is 10.0. The van der Waals surface area contributed by atoms with Crippen LogP contribution in [-0.4, -0.2) is 46.1 Å². The van der Waals surface area contributed by atoms with Gasteiger partial charge >= 0.3 is 6.18 Å². The topological polar surface area (TPSA) is 139 Å². The summed E-state index contributed by atoms with van der Waals surface area (Å²) >= 11 is 3.97. The van der Waals surface area contributed by atoms with Crippen LogP contribution >= 0.6 is 27.3 Å². The van der Waals surface area contributed by atoms with Gasteiger partial charge in [-0.3, -0.25) is 19.0 Å². The summed E-state index contributed by atoms with van der Waals surface area (Å²) < 4.78 is 46.8. The van der Waals surface area contributed by atoms with Gasteiger partial charge in [0, 0.05) is 36.1 Å². The first-order valence-corrected chi connectivity index (χ1v) is 13.0. The van der Waals surface area contributed by atoms with Crippen LogP contribution in [0.4, 0.5) is 18.9 Å². The fourth-order valence-corrected chi connectivity index (χ4v) is 5.33. The minimum atomic E-state index is -4.76. The maximum atomic E-state index is 13.8. The van der Waals surface area contributed by atoms with Crippen molar-refractivity contribution in [1.82, 2.24) is 34.3 Å². The van der Waals surface area contributed by atoms with Gasteiger partial charge < -0.3 is 11.1 Å². The molecule has 16 heteroatoms. The van der Waals surface area contributed by atoms with Crippen LogP contribution in [0.25, 0.3) is 21.3 Å². The van der Waals surface area contributed by atoms with Crippen LogP contribution in [0.3, 0.4) is 0 Å². The fraction of sp³-hybridized carbons (Fsp3) is 0.217. The molecule has 0 unspecified atom stereocenters. The summed E-state index contributed by atoms with van der Waals surface area (Å²) in [5.41, 5.74) is 5.36. The molecular weight excluding hydrogens is 603 g/mol. The van der Waals surface area contributed by atoms with Gasteiger partial charge in [0.15, 0.2) is 5.69 Å². The monoisotopic (exact) mass is 621 g/mol. The zero-order valence-electron chi connectivity index (χ0n) is 20.3. The first kappa shape index (κ1) is 26.6. The second-order valence-electron chi connectivity index (χ2n) is 8.42. The summed E-state index contributed by atoms with van der Waals surface area (Å²) in [7, 11) is 0. The van der Waals surface area contributed by atoms with E-state index in [9.17, 15) is 22.8 Å². The molecule has 0 fully saturated rings. The Morgan fingerprint density at radius 2 is 1.92 bits per heavy atom. The van der Waals surface area contributed by atoms with Gasteiger partial charge in [-0.05, 0) is 47.5 Å². The van der Waals surface area contributed by atoms with Crippen LogP contribution in [0.15, 0.2) is 41.4 Å². The maximum absolute atomic E-state index is 13.8. The van der Waals surface area contributed by atoms with Crippen molar-refractivity contribution in [2.75, 3.05) is 5.32 Å². The molecule has 5 aromatic rings. The quantitative estimate of drug-likeness (QED) is 0.274. The Balaban J connectivity index is 1.61. The van der Waals surface area contributed by atoms with E-state index in [0.29, 0.717) is 29.1 Å². The van der Waals surface area contributed by atoms with Crippen molar-refractivity contribution < 1.29 is 22.8 Å². The normalized spacial score (nSPS) is 11.8. The molecule has 39 heavy (non-hydrogen) atoms. The summed E-state index contributed by atoms with van der Waals surface area (Å²) in [5, 5.41) is 15.5. The summed E-state index contributed by atoms with van der Waals surface area (Å²) in [5.74, 6) is -1.62. The number of rotatable bonds is 7. The van der Waals surface area contributed by atoms with Gasteiger partial charge in [0.05, 0.1) is 22.1 Å². The Labute approximate surface area is 230 Å². The number of hydrogen-bond donors (Lipinski definition) is 2. The molecule has 5 heterocycles. The number of halogens is 4. The van der Waals surface area contributed by atoms with Gasteiger partial charge in [-0.25, -0.2) is 9.67 Å². The third-order valence-electron chi connectivity index (χ3n) is 5.74. The van der Waals surface area contributed by atoms with E-state index >= 15 is 0 Å². The number of alkyl halides is 3. The van der Waals surface area contributed by atoms with Gasteiger partial charge in [0.25, 0.3) is 11.8 Å². The molecule has 0 aliphatic rings. The summed E-state index contributed by atoms with van der Waals surface area (Å²) in [6.07, 6.45) is 1.74. The van der Waals surface area contributed by atoms with Gasteiger partial charge in [-0.15, -0.1) is 11.3 Å². The number of nitrogens with two attached hydrogens (primary N) is 1. The molecule has 202 valence electrons. The van der Waals surface area contributed by atoms with Crippen LogP contribution in [0.2, 0.25) is 0 Å². The molecule has 0 spiro atoms. The molecule has 0 atom stereocenters. The number of amides is 2. The first-order valence-electron chi connectivity index (χ1n) is 11.4. The molecule has 2 amide bonds. The number of anilines is 1. The lowest BCUT2D eigenvalue weighted by molar-refractivity contribution is -0.140. The molecule has 3 N–H and O–H groups in total. The van der Waals surface area contributed by atoms with E-state index in [1.54, 1.807) is 41.1 Å². The highest BCUT2D eigenvalue weighted by molar-refractivity contribution is 9.10. The van der Waals surface area contributed by atoms with E-state index in [4.69, 9.17) is 5.73 Å². The van der Waals surface area contributed by atoms with Crippen molar-refractivity contribution in [3.63, 3.8) is 0 Å². The SMILES string of the molecule is CCn1cc(-c2cc(C(F)(F)F)nc3sc(C(N)=O)c(NC(=O)c4ccn(Cn5cc(Br)cn5)n4)c23)c(C)n1. The number of hydrogen-bond acceptors (Lipinski definition) is 7. The van der Waals surface area contributed by atoms with E-state index in [-0.39, 0.29) is 38.7 Å². The number of carbonyl (C=O) groups is 2. The van der Waals surface area contributed by atoms with E-state index in [1.807, 2.05) is 6.92 Å². The summed E-state index contributed by atoms with van der Waals surface area (Å²) in [6.45, 7) is 4.21. The number of fused-ring (bicyclic) bond motifs is 1. The number of carbonyl (C=O) groups excluding carboxylic acids is 2. The van der Waals surface area contributed by atoms with Crippen LogP contribution < -0.4 is 11.1 Å². The second kappa shape index (κ2) is 9.92. The lowest BCUT2D eigenvalue weighted by Crippen LogP contribution is -2.18. The van der Waals surface area contributed by atoms with Gasteiger partial charge in [0.1, 0.15) is 22.1 Å². The van der Waals surface area contributed by atoms with Crippen molar-refractivity contribution in [3.8, 4) is 11.1 Å². The van der Waals surface area contributed by atoms with Crippen molar-refractivity contribution in [2.45, 2.75) is 33.2 Å². The highest BCUT2D eigenvalue weighted by Crippen LogP contribution is 2.44. The molecular formula is C23H19BrF3N9O2S. The predicted molar refractivity (Wildman–Crippen MR) is 140 cm³/mol. The Kier molecular flexibility index (Phi) is 6.76. The Morgan fingerprint density at radius 3 is 2.54 bits per heavy atom. The number of thiophene rings is 1. The van der Waals surface area contributed by atoms with Crippen molar-refractivity contribution in [3.05, 3.63) is 63.4 Å². The Hall–Kier alpha value is -4.05. The molecule has 0 aliphatic heterocycles. The van der Waals surface area contributed by atoms with Gasteiger partial charge in [-0.2, -0.15) is 28.5 Å². The van der Waals surface area contributed by atoms with Gasteiger partial charge in [-0.1, -0.05) is 0 Å². The second-order valence-corrected chi connectivity index (χ2v) is 10.3. The van der Waals surface area contributed by atoms with Crippen LogP contribution in [0.5, 0.6) is 0 Å². The third kappa shape index (κ3) is 5.16. The van der Waals surface area contributed by atoms with Crippen LogP contribution in [-0.2, 0) is 19.4 Å². The maximum Gasteiger partial charge on any atom is 0.433 e. The number of aromatic nitrogens is 7. The molecule has 0 radical (unpaired) electrons. The fourth-order valence-electron chi connectivity index (χ4n) is 4.00. The van der Waals surface area contributed by atoms with Crippen molar-refractivity contribution in [1.29, 1.82) is 0 Å². The van der Waals surface area contributed by atoms with E-state index in [1.165, 1.54) is 10.7 Å². The molecule has 0 saturated carbocycles. The Bertz CT molecular complexity index is 1730. The molecule has 11 nitrogen and oxygen atoms in total. The average molecular weight is 622 g/mol. The average Bonchev–Trinajstić information content (AvgIpc) is 3.65. The standard InChI is InChI=1S/C23H19BrF3N9O2S/c1-3-34-9-14(11(2)32-34)13-6-16(23(25,26)27)30-22-17(13)18(19(39-22)20(28)37)31-21(38)15-4-5-35(33-15)10-36-8-12(24)7-29-36/h4-9H,3,10H2,1-2H3,(H2,28,37)(H,31,38).